The molecule has 6 nitrogen and oxygen atoms in total. The van der Waals surface area contributed by atoms with Crippen molar-refractivity contribution in [2.75, 3.05) is 46.8 Å². The van der Waals surface area contributed by atoms with Gasteiger partial charge in [-0.15, -0.1) is 0 Å². The average molecular weight is 388 g/mol. The number of carbonyl (C=O) groups excluding carboxylic acids is 1. The zero-order chi connectivity index (χ0) is 20.2. The molecule has 0 aliphatic carbocycles. The van der Waals surface area contributed by atoms with Crippen LogP contribution in [-0.2, 0) is 6.42 Å². The Kier molecular flexibility index (Phi) is 9.83. The quantitative estimate of drug-likeness (QED) is 0.345. The maximum Gasteiger partial charge on any atom is 0.251 e. The Morgan fingerprint density at radius 2 is 2.07 bits per heavy atom. The van der Waals surface area contributed by atoms with E-state index >= 15 is 0 Å². The molecule has 1 fully saturated rings. The van der Waals surface area contributed by atoms with Gasteiger partial charge >= 0.3 is 0 Å². The summed E-state index contributed by atoms with van der Waals surface area (Å²) in [5, 5.41) is 9.41. The fourth-order valence-electron chi connectivity index (χ4n) is 3.72. The summed E-state index contributed by atoms with van der Waals surface area (Å²) in [5.74, 6) is 1.65. The van der Waals surface area contributed by atoms with Crippen molar-refractivity contribution in [3.05, 3.63) is 35.4 Å². The maximum atomic E-state index is 11.7. The van der Waals surface area contributed by atoms with Gasteiger partial charge in [0, 0.05) is 39.3 Å². The molecule has 0 saturated carbocycles. The Morgan fingerprint density at radius 3 is 2.82 bits per heavy atom. The topological polar surface area (TPSA) is 68.8 Å². The van der Waals surface area contributed by atoms with Gasteiger partial charge in [0.15, 0.2) is 5.96 Å². The van der Waals surface area contributed by atoms with Gasteiger partial charge in [0.1, 0.15) is 0 Å². The first-order chi connectivity index (χ1) is 13.6. The largest absolute Gasteiger partial charge is 0.356 e. The summed E-state index contributed by atoms with van der Waals surface area (Å²) in [4.78, 5) is 18.6. The highest BCUT2D eigenvalue weighted by Gasteiger charge is 2.15. The molecule has 1 heterocycles. The molecule has 156 valence electrons. The monoisotopic (exact) mass is 387 g/mol. The summed E-state index contributed by atoms with van der Waals surface area (Å²) in [6.45, 7) is 7.82. The highest BCUT2D eigenvalue weighted by molar-refractivity contribution is 5.94. The lowest BCUT2D eigenvalue weighted by molar-refractivity contribution is 0.0963. The van der Waals surface area contributed by atoms with Gasteiger partial charge in [-0.05, 0) is 68.8 Å². The third-order valence-corrected chi connectivity index (χ3v) is 5.28. The van der Waals surface area contributed by atoms with Gasteiger partial charge in [-0.3, -0.25) is 9.79 Å². The van der Waals surface area contributed by atoms with Gasteiger partial charge in [0.05, 0.1) is 0 Å². The highest BCUT2D eigenvalue weighted by Crippen LogP contribution is 2.15. The van der Waals surface area contributed by atoms with E-state index in [1.807, 2.05) is 24.3 Å². The van der Waals surface area contributed by atoms with Crippen LogP contribution >= 0.6 is 0 Å². The molecule has 0 aromatic heterocycles. The van der Waals surface area contributed by atoms with Crippen molar-refractivity contribution in [1.82, 2.24) is 20.9 Å². The van der Waals surface area contributed by atoms with Crippen LogP contribution in [0, 0.1) is 5.92 Å². The van der Waals surface area contributed by atoms with Gasteiger partial charge in [-0.2, -0.15) is 0 Å². The Labute approximate surface area is 170 Å². The summed E-state index contributed by atoms with van der Waals surface area (Å²) < 4.78 is 0. The standard InChI is InChI=1S/C22H37N5O/c1-18-8-7-15-27(17-18)14-5-4-12-25-22(24-3)26-13-11-19-9-6-10-20(16-19)21(28)23-2/h6,9-10,16,18H,4-5,7-8,11-15,17H2,1-3H3,(H,23,28)(H2,24,25,26). The number of carbonyl (C=O) groups is 1. The van der Waals surface area contributed by atoms with E-state index in [1.54, 1.807) is 14.1 Å². The third kappa shape index (κ3) is 7.89. The second-order valence-electron chi connectivity index (χ2n) is 7.71. The molecule has 0 spiro atoms. The average Bonchev–Trinajstić information content (AvgIpc) is 2.72. The SMILES string of the molecule is CN=C(NCCCCN1CCCC(C)C1)NCCc1cccc(C(=O)NC)c1. The van der Waals surface area contributed by atoms with Crippen molar-refractivity contribution >= 4 is 11.9 Å². The molecule has 1 atom stereocenters. The predicted molar refractivity (Wildman–Crippen MR) is 117 cm³/mol. The molecule has 6 heteroatoms. The third-order valence-electron chi connectivity index (χ3n) is 5.28. The molecule has 1 aromatic rings. The second kappa shape index (κ2) is 12.4. The zero-order valence-electron chi connectivity index (χ0n) is 17.8. The maximum absolute atomic E-state index is 11.7. The van der Waals surface area contributed by atoms with Crippen LogP contribution in [0.25, 0.3) is 0 Å². The minimum atomic E-state index is -0.0497. The molecular weight excluding hydrogens is 350 g/mol. The Hall–Kier alpha value is -2.08. The van der Waals surface area contributed by atoms with Crippen LogP contribution < -0.4 is 16.0 Å². The van der Waals surface area contributed by atoms with E-state index in [-0.39, 0.29) is 5.91 Å². The number of nitrogens with zero attached hydrogens (tertiary/aromatic N) is 2. The lowest BCUT2D eigenvalue weighted by Crippen LogP contribution is -2.39. The van der Waals surface area contributed by atoms with Crippen molar-refractivity contribution in [2.45, 2.75) is 39.0 Å². The molecule has 1 aliphatic rings. The Balaban J connectivity index is 1.60. The van der Waals surface area contributed by atoms with E-state index in [4.69, 9.17) is 0 Å². The number of likely N-dealkylation sites (tertiary alicyclic amines) is 1. The fraction of sp³-hybridized carbons (Fsp3) is 0.636. The number of rotatable bonds is 9. The molecule has 2 rings (SSSR count). The summed E-state index contributed by atoms with van der Waals surface area (Å²) in [6, 6.07) is 7.75. The Morgan fingerprint density at radius 1 is 1.25 bits per heavy atom. The number of nitrogens with one attached hydrogen (secondary N) is 3. The molecular formula is C22H37N5O. The molecule has 1 aliphatic heterocycles. The molecule has 1 saturated heterocycles. The lowest BCUT2D eigenvalue weighted by atomic mass is 10.0. The number of unbranched alkanes of at least 4 members (excludes halogenated alkanes) is 1. The minimum absolute atomic E-state index is 0.0497. The molecule has 28 heavy (non-hydrogen) atoms. The predicted octanol–water partition coefficient (Wildman–Crippen LogP) is 2.27. The first-order valence-corrected chi connectivity index (χ1v) is 10.6. The van der Waals surface area contributed by atoms with Crippen molar-refractivity contribution in [3.8, 4) is 0 Å². The van der Waals surface area contributed by atoms with Crippen LogP contribution in [0.3, 0.4) is 0 Å². The normalized spacial score (nSPS) is 18.0. The highest BCUT2D eigenvalue weighted by atomic mass is 16.1. The van der Waals surface area contributed by atoms with Crippen molar-refractivity contribution in [1.29, 1.82) is 0 Å². The van der Waals surface area contributed by atoms with E-state index in [0.717, 1.165) is 43.4 Å². The number of piperidine rings is 1. The fourth-order valence-corrected chi connectivity index (χ4v) is 3.72. The zero-order valence-corrected chi connectivity index (χ0v) is 17.8. The number of aliphatic imine (C=N–C) groups is 1. The Bertz CT molecular complexity index is 631. The number of guanidine groups is 1. The van der Waals surface area contributed by atoms with Crippen molar-refractivity contribution < 1.29 is 4.79 Å². The first kappa shape index (κ1) is 22.2. The number of hydrogen-bond donors (Lipinski definition) is 3. The van der Waals surface area contributed by atoms with Crippen molar-refractivity contribution in [3.63, 3.8) is 0 Å². The second-order valence-corrected chi connectivity index (χ2v) is 7.71. The van der Waals surface area contributed by atoms with E-state index in [2.05, 4.69) is 32.8 Å². The molecule has 3 N–H and O–H groups in total. The van der Waals surface area contributed by atoms with E-state index < -0.39 is 0 Å². The van der Waals surface area contributed by atoms with Crippen LogP contribution in [0.2, 0.25) is 0 Å². The summed E-state index contributed by atoms with van der Waals surface area (Å²) in [6.07, 6.45) is 5.96. The smallest absolute Gasteiger partial charge is 0.251 e. The van der Waals surface area contributed by atoms with Crippen LogP contribution in [0.15, 0.2) is 29.3 Å². The lowest BCUT2D eigenvalue weighted by Gasteiger charge is -2.30. The summed E-state index contributed by atoms with van der Waals surface area (Å²) in [7, 11) is 3.45. The minimum Gasteiger partial charge on any atom is -0.356 e. The van der Waals surface area contributed by atoms with E-state index in [9.17, 15) is 4.79 Å². The van der Waals surface area contributed by atoms with Crippen LogP contribution in [0.1, 0.15) is 48.5 Å². The summed E-state index contributed by atoms with van der Waals surface area (Å²) in [5.41, 5.74) is 1.84. The van der Waals surface area contributed by atoms with Crippen LogP contribution in [0.4, 0.5) is 0 Å². The van der Waals surface area contributed by atoms with Crippen LogP contribution in [-0.4, -0.2) is 63.6 Å². The number of amides is 1. The van der Waals surface area contributed by atoms with E-state index in [0.29, 0.717) is 5.56 Å². The van der Waals surface area contributed by atoms with Gasteiger partial charge < -0.3 is 20.9 Å². The molecule has 1 unspecified atom stereocenters. The van der Waals surface area contributed by atoms with Crippen LogP contribution in [0.5, 0.6) is 0 Å². The number of benzene rings is 1. The van der Waals surface area contributed by atoms with E-state index in [1.165, 1.54) is 38.9 Å². The number of hydrogen-bond acceptors (Lipinski definition) is 3. The molecule has 1 aromatic carbocycles. The first-order valence-electron chi connectivity index (χ1n) is 10.6. The molecule has 1 amide bonds. The summed E-state index contributed by atoms with van der Waals surface area (Å²) >= 11 is 0. The molecule has 0 bridgehead atoms. The van der Waals surface area contributed by atoms with Crippen molar-refractivity contribution in [2.24, 2.45) is 10.9 Å². The van der Waals surface area contributed by atoms with Gasteiger partial charge in [-0.25, -0.2) is 0 Å². The molecule has 0 radical (unpaired) electrons. The van der Waals surface area contributed by atoms with Gasteiger partial charge in [-0.1, -0.05) is 19.1 Å². The van der Waals surface area contributed by atoms with Gasteiger partial charge in [0.2, 0.25) is 0 Å². The van der Waals surface area contributed by atoms with Gasteiger partial charge in [0.25, 0.3) is 5.91 Å².